The van der Waals surface area contributed by atoms with E-state index in [4.69, 9.17) is 11.6 Å². The number of pyridine rings is 1. The molecule has 0 amide bonds. The van der Waals surface area contributed by atoms with Crippen molar-refractivity contribution in [1.29, 1.82) is 0 Å². The monoisotopic (exact) mass is 247 g/mol. The summed E-state index contributed by atoms with van der Waals surface area (Å²) in [7, 11) is 0. The fourth-order valence-corrected chi connectivity index (χ4v) is 1.05. The van der Waals surface area contributed by atoms with Crippen LogP contribution in [0.25, 0.3) is 0 Å². The zero-order valence-electron chi connectivity index (χ0n) is 8.83. The van der Waals surface area contributed by atoms with Gasteiger partial charge in [0.15, 0.2) is 0 Å². The highest BCUT2D eigenvalue weighted by molar-refractivity contribution is 5.80. The topological polar surface area (TPSA) is 89.3 Å². The smallest absolute Gasteiger partial charge is 0.386 e. The molecule has 1 aromatic rings. The number of amidine groups is 1. The predicted molar refractivity (Wildman–Crippen MR) is 58.2 cm³/mol. The van der Waals surface area contributed by atoms with Crippen molar-refractivity contribution in [2.75, 3.05) is 11.9 Å². The van der Waals surface area contributed by atoms with E-state index in [1.165, 1.54) is 6.07 Å². The number of hydrogen-bond acceptors (Lipinski definition) is 4. The number of hydrogen-bond donors (Lipinski definition) is 3. The lowest BCUT2D eigenvalue weighted by Crippen LogP contribution is -2.18. The maximum Gasteiger partial charge on any atom is 0.417 e. The van der Waals surface area contributed by atoms with E-state index in [1.54, 1.807) is 0 Å². The molecule has 0 saturated heterocycles. The van der Waals surface area contributed by atoms with Crippen LogP contribution in [0.2, 0.25) is 0 Å². The number of nitrogens with zero attached hydrogens (tertiary/aromatic N) is 2. The average molecular weight is 247 g/mol. The third-order valence-corrected chi connectivity index (χ3v) is 1.94. The quantitative estimate of drug-likeness (QED) is 0.322. The van der Waals surface area contributed by atoms with E-state index >= 15 is 0 Å². The molecule has 94 valence electrons. The van der Waals surface area contributed by atoms with Crippen molar-refractivity contribution in [2.24, 2.45) is 16.7 Å². The highest BCUT2D eigenvalue weighted by Crippen LogP contribution is 2.28. The number of rotatable bonds is 4. The van der Waals surface area contributed by atoms with Gasteiger partial charge < -0.3 is 16.9 Å². The summed E-state index contributed by atoms with van der Waals surface area (Å²) in [5.41, 5.74) is 4.55. The van der Waals surface area contributed by atoms with Crippen molar-refractivity contribution in [3.05, 3.63) is 23.9 Å². The van der Waals surface area contributed by atoms with Gasteiger partial charge in [0.2, 0.25) is 0 Å². The van der Waals surface area contributed by atoms with Crippen molar-refractivity contribution in [3.8, 4) is 0 Å². The molecule has 0 aliphatic carbocycles. The molecule has 0 spiro atoms. The molecule has 0 radical (unpaired) electrons. The molecule has 1 aromatic heterocycles. The standard InChI is InChI=1S/C9H12F3N5/c10-9(11,12)6-1-2-8(16-5-6)15-4-3-7(13)17-14/h1-2,5H,3-4,14H2,(H2,13,17)(H,15,16). The van der Waals surface area contributed by atoms with E-state index in [0.717, 1.165) is 12.3 Å². The van der Waals surface area contributed by atoms with Gasteiger partial charge in [-0.15, -0.1) is 0 Å². The summed E-state index contributed by atoms with van der Waals surface area (Å²) in [5.74, 6) is 5.50. The predicted octanol–water partition coefficient (Wildman–Crippen LogP) is 1.13. The Bertz CT molecular complexity index is 385. The van der Waals surface area contributed by atoms with Crippen molar-refractivity contribution in [2.45, 2.75) is 12.6 Å². The van der Waals surface area contributed by atoms with Crippen LogP contribution in [0.4, 0.5) is 19.0 Å². The third kappa shape index (κ3) is 4.17. The molecular formula is C9H12F3N5. The van der Waals surface area contributed by atoms with Gasteiger partial charge in [-0.25, -0.2) is 4.98 Å². The maximum atomic E-state index is 12.2. The number of nitrogens with one attached hydrogen (secondary N) is 1. The van der Waals surface area contributed by atoms with Gasteiger partial charge in [-0.3, -0.25) is 0 Å². The van der Waals surface area contributed by atoms with Gasteiger partial charge in [-0.2, -0.15) is 18.3 Å². The number of aromatic nitrogens is 1. The van der Waals surface area contributed by atoms with Crippen LogP contribution in [0.3, 0.4) is 0 Å². The van der Waals surface area contributed by atoms with Gasteiger partial charge in [-0.05, 0) is 12.1 Å². The van der Waals surface area contributed by atoms with E-state index in [9.17, 15) is 13.2 Å². The second kappa shape index (κ2) is 5.37. The van der Waals surface area contributed by atoms with Crippen LogP contribution in [0.5, 0.6) is 0 Å². The normalized spacial score (nSPS) is 12.5. The van der Waals surface area contributed by atoms with Crippen LogP contribution in [0.15, 0.2) is 23.4 Å². The number of nitrogens with two attached hydrogens (primary N) is 2. The third-order valence-electron chi connectivity index (χ3n) is 1.94. The Labute approximate surface area is 95.7 Å². The molecule has 0 aliphatic heterocycles. The van der Waals surface area contributed by atoms with Crippen molar-refractivity contribution in [3.63, 3.8) is 0 Å². The highest BCUT2D eigenvalue weighted by atomic mass is 19.4. The van der Waals surface area contributed by atoms with Gasteiger partial charge in [0.05, 0.1) is 5.56 Å². The summed E-state index contributed by atoms with van der Waals surface area (Å²) in [6.07, 6.45) is -3.22. The lowest BCUT2D eigenvalue weighted by molar-refractivity contribution is -0.137. The van der Waals surface area contributed by atoms with E-state index in [1.807, 2.05) is 0 Å². The minimum Gasteiger partial charge on any atom is -0.386 e. The minimum atomic E-state index is -4.37. The number of anilines is 1. The maximum absolute atomic E-state index is 12.2. The Kier molecular flexibility index (Phi) is 4.13. The average Bonchev–Trinajstić information content (AvgIpc) is 2.28. The molecule has 8 heteroatoms. The van der Waals surface area contributed by atoms with Crippen LogP contribution in [0, 0.1) is 0 Å². The fraction of sp³-hybridized carbons (Fsp3) is 0.333. The highest BCUT2D eigenvalue weighted by Gasteiger charge is 2.30. The summed E-state index contributed by atoms with van der Waals surface area (Å²) < 4.78 is 36.7. The molecular weight excluding hydrogens is 235 g/mol. The Morgan fingerprint density at radius 3 is 2.59 bits per heavy atom. The molecule has 0 fully saturated rings. The summed E-state index contributed by atoms with van der Waals surface area (Å²) in [5, 5.41) is 6.05. The summed E-state index contributed by atoms with van der Waals surface area (Å²) >= 11 is 0. The second-order valence-electron chi connectivity index (χ2n) is 3.23. The largest absolute Gasteiger partial charge is 0.417 e. The molecule has 0 aromatic carbocycles. The van der Waals surface area contributed by atoms with Gasteiger partial charge >= 0.3 is 6.18 Å². The van der Waals surface area contributed by atoms with Crippen LogP contribution >= 0.6 is 0 Å². The SMILES string of the molecule is NN=C(N)CCNc1ccc(C(F)(F)F)cn1. The van der Waals surface area contributed by atoms with Gasteiger partial charge in [0.1, 0.15) is 11.7 Å². The molecule has 17 heavy (non-hydrogen) atoms. The van der Waals surface area contributed by atoms with Gasteiger partial charge in [-0.1, -0.05) is 0 Å². The Balaban J connectivity index is 2.52. The zero-order valence-corrected chi connectivity index (χ0v) is 8.83. The number of alkyl halides is 3. The van der Waals surface area contributed by atoms with Crippen LogP contribution in [0.1, 0.15) is 12.0 Å². The molecule has 0 saturated carbocycles. The Morgan fingerprint density at radius 2 is 2.12 bits per heavy atom. The molecule has 0 unspecified atom stereocenters. The van der Waals surface area contributed by atoms with E-state index in [-0.39, 0.29) is 5.84 Å². The first-order valence-corrected chi connectivity index (χ1v) is 4.73. The second-order valence-corrected chi connectivity index (χ2v) is 3.23. The number of hydrazone groups is 1. The number of halogens is 3. The first-order chi connectivity index (χ1) is 7.93. The van der Waals surface area contributed by atoms with E-state index < -0.39 is 11.7 Å². The van der Waals surface area contributed by atoms with Crippen LogP contribution in [-0.4, -0.2) is 17.4 Å². The van der Waals surface area contributed by atoms with Crippen molar-refractivity contribution < 1.29 is 13.2 Å². The summed E-state index contributed by atoms with van der Waals surface area (Å²) in [6, 6.07) is 2.20. The van der Waals surface area contributed by atoms with E-state index in [0.29, 0.717) is 18.8 Å². The van der Waals surface area contributed by atoms with Crippen LogP contribution < -0.4 is 16.9 Å². The fourth-order valence-electron chi connectivity index (χ4n) is 1.05. The Morgan fingerprint density at radius 1 is 1.41 bits per heavy atom. The first kappa shape index (κ1) is 13.1. The molecule has 1 rings (SSSR count). The molecule has 0 atom stereocenters. The van der Waals surface area contributed by atoms with Crippen LogP contribution in [-0.2, 0) is 6.18 Å². The van der Waals surface area contributed by atoms with Gasteiger partial charge in [0.25, 0.3) is 0 Å². The Hall–Kier alpha value is -1.99. The summed E-state index contributed by atoms with van der Waals surface area (Å²) in [6.45, 7) is 0.394. The summed E-state index contributed by atoms with van der Waals surface area (Å²) in [4.78, 5) is 3.62. The lowest BCUT2D eigenvalue weighted by atomic mass is 10.3. The molecule has 0 aliphatic rings. The minimum absolute atomic E-state index is 0.254. The molecule has 5 N–H and O–H groups in total. The molecule has 0 bridgehead atoms. The van der Waals surface area contributed by atoms with E-state index in [2.05, 4.69) is 15.4 Å². The lowest BCUT2D eigenvalue weighted by Gasteiger charge is -2.08. The molecule has 5 nitrogen and oxygen atoms in total. The van der Waals surface area contributed by atoms with Gasteiger partial charge in [0, 0.05) is 19.2 Å². The zero-order chi connectivity index (χ0) is 12.9. The van der Waals surface area contributed by atoms with Crippen molar-refractivity contribution >= 4 is 11.7 Å². The first-order valence-electron chi connectivity index (χ1n) is 4.73. The van der Waals surface area contributed by atoms with Crippen molar-refractivity contribution in [1.82, 2.24) is 4.98 Å². The molecule has 1 heterocycles.